The van der Waals surface area contributed by atoms with E-state index in [9.17, 15) is 4.79 Å². The van der Waals surface area contributed by atoms with Gasteiger partial charge in [0.25, 0.3) is 0 Å². The van der Waals surface area contributed by atoms with E-state index in [-0.39, 0.29) is 5.97 Å². The molecule has 1 aliphatic carbocycles. The Bertz CT molecular complexity index is 499. The van der Waals surface area contributed by atoms with E-state index in [0.717, 1.165) is 25.1 Å². The Morgan fingerprint density at radius 1 is 1.43 bits per heavy atom. The minimum absolute atomic E-state index is 0.146. The van der Waals surface area contributed by atoms with Crippen LogP contribution in [0.2, 0.25) is 0 Å². The van der Waals surface area contributed by atoms with Gasteiger partial charge in [-0.15, -0.1) is 0 Å². The summed E-state index contributed by atoms with van der Waals surface area (Å²) in [4.78, 5) is 14.6. The van der Waals surface area contributed by atoms with Crippen LogP contribution in [0.25, 0.3) is 0 Å². The number of anilines is 1. The molecule has 0 radical (unpaired) electrons. The van der Waals surface area contributed by atoms with E-state index in [4.69, 9.17) is 4.74 Å². The summed E-state index contributed by atoms with van der Waals surface area (Å²) in [5.74, 6) is 0.226. The quantitative estimate of drug-likeness (QED) is 0.783. The van der Waals surface area contributed by atoms with Crippen LogP contribution in [-0.4, -0.2) is 38.8 Å². The molecule has 0 heterocycles. The van der Waals surface area contributed by atoms with Crippen LogP contribution in [0.15, 0.2) is 24.3 Å². The molecule has 4 heteroatoms. The lowest BCUT2D eigenvalue weighted by molar-refractivity contribution is -0.149. The monoisotopic (exact) mass is 290 g/mol. The van der Waals surface area contributed by atoms with Gasteiger partial charge < -0.3 is 15.0 Å². The Hall–Kier alpha value is -1.55. The van der Waals surface area contributed by atoms with E-state index in [1.165, 1.54) is 12.7 Å². The summed E-state index contributed by atoms with van der Waals surface area (Å²) in [6.07, 6.45) is 2.17. The first-order valence-electron chi connectivity index (χ1n) is 7.65. The minimum Gasteiger partial charge on any atom is -0.468 e. The SMILES string of the molecule is CCNC(CN(C)c1ccccc1C)(C(=O)OC)C1CC1. The number of nitrogens with zero attached hydrogens (tertiary/aromatic N) is 1. The molecule has 0 spiro atoms. The topological polar surface area (TPSA) is 41.6 Å². The van der Waals surface area contributed by atoms with Crippen molar-refractivity contribution in [1.29, 1.82) is 0 Å². The second kappa shape index (κ2) is 6.48. The number of esters is 1. The van der Waals surface area contributed by atoms with Crippen molar-refractivity contribution in [1.82, 2.24) is 5.32 Å². The fraction of sp³-hybridized carbons (Fsp3) is 0.588. The lowest BCUT2D eigenvalue weighted by Crippen LogP contribution is -2.61. The molecule has 0 aromatic heterocycles. The van der Waals surface area contributed by atoms with E-state index in [0.29, 0.717) is 12.5 Å². The van der Waals surface area contributed by atoms with Crippen LogP contribution in [0.5, 0.6) is 0 Å². The Kier molecular flexibility index (Phi) is 4.88. The zero-order valence-electron chi connectivity index (χ0n) is 13.5. The van der Waals surface area contributed by atoms with E-state index in [2.05, 4.69) is 29.3 Å². The van der Waals surface area contributed by atoms with Crippen LogP contribution in [0, 0.1) is 12.8 Å². The van der Waals surface area contributed by atoms with Gasteiger partial charge in [0.2, 0.25) is 0 Å². The fourth-order valence-electron chi connectivity index (χ4n) is 3.16. The summed E-state index contributed by atoms with van der Waals surface area (Å²) < 4.78 is 5.11. The Balaban J connectivity index is 2.26. The van der Waals surface area contributed by atoms with E-state index in [1.54, 1.807) is 0 Å². The highest BCUT2D eigenvalue weighted by Gasteiger charge is 2.52. The molecule has 21 heavy (non-hydrogen) atoms. The summed E-state index contributed by atoms with van der Waals surface area (Å²) in [5, 5.41) is 3.41. The van der Waals surface area contributed by atoms with E-state index >= 15 is 0 Å². The number of carbonyl (C=O) groups excluding carboxylic acids is 1. The van der Waals surface area contributed by atoms with Crippen LogP contribution >= 0.6 is 0 Å². The number of ether oxygens (including phenoxy) is 1. The van der Waals surface area contributed by atoms with E-state index < -0.39 is 5.54 Å². The highest BCUT2D eigenvalue weighted by Crippen LogP contribution is 2.41. The van der Waals surface area contributed by atoms with Crippen molar-refractivity contribution >= 4 is 11.7 Å². The molecule has 1 atom stereocenters. The fourth-order valence-corrected chi connectivity index (χ4v) is 3.16. The number of nitrogens with one attached hydrogen (secondary N) is 1. The largest absolute Gasteiger partial charge is 0.468 e. The van der Waals surface area contributed by atoms with Crippen molar-refractivity contribution in [2.45, 2.75) is 32.2 Å². The highest BCUT2D eigenvalue weighted by molar-refractivity contribution is 5.83. The third kappa shape index (κ3) is 3.21. The number of para-hydroxylation sites is 1. The Labute approximate surface area is 127 Å². The standard InChI is InChI=1S/C17H26N2O2/c1-5-18-17(14-10-11-14,16(20)21-4)12-19(3)15-9-7-6-8-13(15)2/h6-9,14,18H,5,10-12H2,1-4H3. The van der Waals surface area contributed by atoms with E-state index in [1.807, 2.05) is 26.1 Å². The summed E-state index contributed by atoms with van der Waals surface area (Å²) in [6, 6.07) is 8.25. The molecule has 1 unspecified atom stereocenters. The maximum atomic E-state index is 12.4. The summed E-state index contributed by atoms with van der Waals surface area (Å²) >= 11 is 0. The average molecular weight is 290 g/mol. The maximum Gasteiger partial charge on any atom is 0.328 e. The summed E-state index contributed by atoms with van der Waals surface area (Å²) in [6.45, 7) is 5.51. The van der Waals surface area contributed by atoms with Gasteiger partial charge in [-0.1, -0.05) is 25.1 Å². The van der Waals surface area contributed by atoms with Crippen LogP contribution < -0.4 is 10.2 Å². The van der Waals surface area contributed by atoms with Gasteiger partial charge in [0.05, 0.1) is 7.11 Å². The number of carbonyl (C=O) groups is 1. The molecule has 1 aromatic carbocycles. The molecule has 1 aliphatic rings. The van der Waals surface area contributed by atoms with Gasteiger partial charge in [-0.25, -0.2) is 4.79 Å². The zero-order chi connectivity index (χ0) is 15.5. The molecule has 1 saturated carbocycles. The number of methoxy groups -OCH3 is 1. The second-order valence-corrected chi connectivity index (χ2v) is 5.91. The first-order valence-corrected chi connectivity index (χ1v) is 7.65. The number of hydrogen-bond donors (Lipinski definition) is 1. The Morgan fingerprint density at radius 3 is 2.62 bits per heavy atom. The molecule has 0 bridgehead atoms. The highest BCUT2D eigenvalue weighted by atomic mass is 16.5. The molecule has 0 aliphatic heterocycles. The third-order valence-electron chi connectivity index (χ3n) is 4.33. The average Bonchev–Trinajstić information content (AvgIpc) is 3.31. The number of likely N-dealkylation sites (N-methyl/N-ethyl adjacent to an activating group) is 2. The van der Waals surface area contributed by atoms with Gasteiger partial charge in [-0.3, -0.25) is 0 Å². The lowest BCUT2D eigenvalue weighted by Gasteiger charge is -2.37. The van der Waals surface area contributed by atoms with Crippen molar-refractivity contribution in [2.75, 3.05) is 32.1 Å². The molecule has 1 aromatic rings. The van der Waals surface area contributed by atoms with Gasteiger partial charge in [0.15, 0.2) is 0 Å². The number of hydrogen-bond acceptors (Lipinski definition) is 4. The van der Waals surface area contributed by atoms with Crippen molar-refractivity contribution in [3.05, 3.63) is 29.8 Å². The van der Waals surface area contributed by atoms with Gasteiger partial charge in [0.1, 0.15) is 5.54 Å². The van der Waals surface area contributed by atoms with Crippen molar-refractivity contribution in [3.63, 3.8) is 0 Å². The van der Waals surface area contributed by atoms with Crippen molar-refractivity contribution in [3.8, 4) is 0 Å². The predicted octanol–water partition coefficient (Wildman–Crippen LogP) is 2.36. The van der Waals surface area contributed by atoms with Crippen molar-refractivity contribution < 1.29 is 9.53 Å². The number of rotatable bonds is 7. The third-order valence-corrected chi connectivity index (χ3v) is 4.33. The number of aryl methyl sites for hydroxylation is 1. The normalized spacial score (nSPS) is 17.1. The zero-order valence-corrected chi connectivity index (χ0v) is 13.5. The lowest BCUT2D eigenvalue weighted by atomic mass is 9.91. The maximum absolute atomic E-state index is 12.4. The molecule has 1 N–H and O–H groups in total. The molecular weight excluding hydrogens is 264 g/mol. The molecular formula is C17H26N2O2. The van der Waals surface area contributed by atoms with Gasteiger partial charge in [0, 0.05) is 19.3 Å². The van der Waals surface area contributed by atoms with Crippen LogP contribution in [0.1, 0.15) is 25.3 Å². The van der Waals surface area contributed by atoms with Crippen molar-refractivity contribution in [2.24, 2.45) is 5.92 Å². The van der Waals surface area contributed by atoms with Gasteiger partial charge in [-0.2, -0.15) is 0 Å². The molecule has 0 amide bonds. The summed E-state index contributed by atoms with van der Waals surface area (Å²) in [7, 11) is 3.52. The molecule has 1 fully saturated rings. The minimum atomic E-state index is -0.597. The number of benzene rings is 1. The van der Waals surface area contributed by atoms with Crippen LogP contribution in [0.4, 0.5) is 5.69 Å². The summed E-state index contributed by atoms with van der Waals surface area (Å²) in [5.41, 5.74) is 1.77. The van der Waals surface area contributed by atoms with Gasteiger partial charge in [-0.05, 0) is 43.9 Å². The van der Waals surface area contributed by atoms with Gasteiger partial charge >= 0.3 is 5.97 Å². The van der Waals surface area contributed by atoms with Crippen LogP contribution in [-0.2, 0) is 9.53 Å². The second-order valence-electron chi connectivity index (χ2n) is 5.91. The molecule has 2 rings (SSSR count). The Morgan fingerprint density at radius 2 is 2.10 bits per heavy atom. The smallest absolute Gasteiger partial charge is 0.328 e. The molecule has 116 valence electrons. The predicted molar refractivity (Wildman–Crippen MR) is 85.6 cm³/mol. The first-order chi connectivity index (χ1) is 10.0. The molecule has 0 saturated heterocycles. The molecule has 4 nitrogen and oxygen atoms in total. The van der Waals surface area contributed by atoms with Crippen LogP contribution in [0.3, 0.4) is 0 Å². The first kappa shape index (κ1) is 15.8.